The molecule has 1 fully saturated rings. The monoisotopic (exact) mass is 250 g/mol. The van der Waals surface area contributed by atoms with Crippen LogP contribution in [0.5, 0.6) is 0 Å². The first-order valence-corrected chi connectivity index (χ1v) is 6.00. The van der Waals surface area contributed by atoms with Crippen molar-refractivity contribution < 1.29 is 5.21 Å². The van der Waals surface area contributed by atoms with Crippen LogP contribution in [0.1, 0.15) is 19.0 Å². The molecule has 0 amide bonds. The molecule has 7 heteroatoms. The van der Waals surface area contributed by atoms with Crippen LogP contribution in [-0.2, 0) is 0 Å². The maximum atomic E-state index is 8.67. The van der Waals surface area contributed by atoms with E-state index in [1.807, 2.05) is 0 Å². The number of aromatic nitrogens is 2. The third kappa shape index (κ3) is 2.67. The first-order valence-electron chi connectivity index (χ1n) is 6.00. The Hall–Kier alpha value is -1.89. The van der Waals surface area contributed by atoms with Gasteiger partial charge in [0, 0.05) is 25.3 Å². The van der Waals surface area contributed by atoms with Crippen LogP contribution < -0.4 is 16.0 Å². The quantitative estimate of drug-likeness (QED) is 0.290. The van der Waals surface area contributed by atoms with Gasteiger partial charge in [-0.15, -0.1) is 0 Å². The molecule has 1 saturated heterocycles. The van der Waals surface area contributed by atoms with E-state index in [1.165, 1.54) is 0 Å². The highest BCUT2D eigenvalue weighted by Crippen LogP contribution is 2.13. The fourth-order valence-electron chi connectivity index (χ4n) is 1.99. The maximum Gasteiger partial charge on any atom is 0.226 e. The predicted octanol–water partition coefficient (Wildman–Crippen LogP) is -0.241. The number of oxime groups is 1. The summed E-state index contributed by atoms with van der Waals surface area (Å²) in [6, 6.07) is 1.94. The van der Waals surface area contributed by atoms with Gasteiger partial charge in [0.25, 0.3) is 0 Å². The summed E-state index contributed by atoms with van der Waals surface area (Å²) in [6.07, 6.45) is 2.67. The smallest absolute Gasteiger partial charge is 0.226 e. The van der Waals surface area contributed by atoms with Gasteiger partial charge in [-0.1, -0.05) is 5.16 Å². The average Bonchev–Trinajstić information content (AvgIpc) is 2.62. The van der Waals surface area contributed by atoms with Gasteiger partial charge in [0.05, 0.1) is 0 Å². The lowest BCUT2D eigenvalue weighted by Crippen LogP contribution is -2.38. The Morgan fingerprint density at radius 2 is 2.50 bits per heavy atom. The van der Waals surface area contributed by atoms with Gasteiger partial charge in [0.1, 0.15) is 5.69 Å². The van der Waals surface area contributed by atoms with E-state index in [2.05, 4.69) is 32.3 Å². The van der Waals surface area contributed by atoms with E-state index >= 15 is 0 Å². The topological polar surface area (TPSA) is 99.7 Å². The van der Waals surface area contributed by atoms with Crippen LogP contribution in [0.15, 0.2) is 17.4 Å². The number of anilines is 1. The molecule has 0 saturated carbocycles. The first kappa shape index (κ1) is 12.6. The molecule has 1 aliphatic rings. The summed E-state index contributed by atoms with van der Waals surface area (Å²) in [6.45, 7) is 4.92. The Labute approximate surface area is 106 Å². The Morgan fingerprint density at radius 3 is 3.28 bits per heavy atom. The molecule has 0 aromatic carbocycles. The van der Waals surface area contributed by atoms with Crippen molar-refractivity contribution >= 4 is 11.8 Å². The number of nitrogens with two attached hydrogens (primary N) is 1. The summed E-state index contributed by atoms with van der Waals surface area (Å²) in [5, 5.41) is 15.0. The van der Waals surface area contributed by atoms with Crippen molar-refractivity contribution in [3.05, 3.63) is 18.0 Å². The summed E-state index contributed by atoms with van der Waals surface area (Å²) in [7, 11) is 0. The summed E-state index contributed by atoms with van der Waals surface area (Å²) in [5.74, 6) is 0.620. The number of amidine groups is 1. The molecule has 1 aliphatic heterocycles. The number of rotatable bonds is 2. The van der Waals surface area contributed by atoms with E-state index in [1.54, 1.807) is 12.3 Å². The molecular formula is C11H18N6O. The van der Waals surface area contributed by atoms with Crippen molar-refractivity contribution in [3.8, 4) is 0 Å². The molecule has 0 aliphatic carbocycles. The highest BCUT2D eigenvalue weighted by molar-refractivity contribution is 5.95. The van der Waals surface area contributed by atoms with Crippen LogP contribution in [0.2, 0.25) is 0 Å². The van der Waals surface area contributed by atoms with Gasteiger partial charge in [0.2, 0.25) is 5.95 Å². The van der Waals surface area contributed by atoms with Crippen LogP contribution in [0.4, 0.5) is 5.95 Å². The Bertz CT molecular complexity index is 435. The van der Waals surface area contributed by atoms with E-state index in [0.29, 0.717) is 17.7 Å². The normalized spacial score (nSPS) is 21.7. The number of nitrogens with zero attached hydrogens (tertiary/aromatic N) is 4. The zero-order valence-electron chi connectivity index (χ0n) is 10.4. The predicted molar refractivity (Wildman–Crippen MR) is 68.8 cm³/mol. The van der Waals surface area contributed by atoms with Crippen LogP contribution in [0.25, 0.3) is 0 Å². The number of hydrogen-bond acceptors (Lipinski definition) is 6. The van der Waals surface area contributed by atoms with Crippen molar-refractivity contribution in [3.63, 3.8) is 0 Å². The van der Waals surface area contributed by atoms with Crippen molar-refractivity contribution in [2.45, 2.75) is 19.4 Å². The molecule has 0 bridgehead atoms. The van der Waals surface area contributed by atoms with Gasteiger partial charge < -0.3 is 21.2 Å². The molecule has 1 atom stereocenters. The summed E-state index contributed by atoms with van der Waals surface area (Å²) < 4.78 is 0. The number of nitrogens with one attached hydrogen (secondary N) is 1. The van der Waals surface area contributed by atoms with Crippen LogP contribution in [-0.4, -0.2) is 46.7 Å². The second-order valence-corrected chi connectivity index (χ2v) is 4.33. The summed E-state index contributed by atoms with van der Waals surface area (Å²) in [5.41, 5.74) is 5.97. The van der Waals surface area contributed by atoms with E-state index in [9.17, 15) is 0 Å². The van der Waals surface area contributed by atoms with Crippen LogP contribution >= 0.6 is 0 Å². The van der Waals surface area contributed by atoms with E-state index in [4.69, 9.17) is 10.9 Å². The van der Waals surface area contributed by atoms with Crippen molar-refractivity contribution in [1.82, 2.24) is 15.3 Å². The molecular weight excluding hydrogens is 232 g/mol. The van der Waals surface area contributed by atoms with E-state index in [-0.39, 0.29) is 5.84 Å². The van der Waals surface area contributed by atoms with Gasteiger partial charge in [-0.3, -0.25) is 0 Å². The second-order valence-electron chi connectivity index (χ2n) is 4.33. The standard InChI is InChI=1S/C11H18N6O/c1-8-7-13-4-2-6-17(8)11-14-5-3-9(15-11)10(12)16-18/h3,5,8,13,18H,2,4,6-7H2,1H3,(H2,12,16)/t8-/m0/s1. The molecule has 0 radical (unpaired) electrons. The Kier molecular flexibility index (Phi) is 3.93. The molecule has 7 nitrogen and oxygen atoms in total. The Balaban J connectivity index is 2.26. The molecule has 4 N–H and O–H groups in total. The van der Waals surface area contributed by atoms with Crippen LogP contribution in [0, 0.1) is 0 Å². The van der Waals surface area contributed by atoms with Crippen molar-refractivity contribution in [2.75, 3.05) is 24.5 Å². The molecule has 0 spiro atoms. The van der Waals surface area contributed by atoms with Gasteiger partial charge in [-0.2, -0.15) is 0 Å². The average molecular weight is 250 g/mol. The zero-order valence-corrected chi connectivity index (χ0v) is 10.4. The lowest BCUT2D eigenvalue weighted by Gasteiger charge is -2.26. The third-order valence-electron chi connectivity index (χ3n) is 2.99. The maximum absolute atomic E-state index is 8.67. The highest BCUT2D eigenvalue weighted by Gasteiger charge is 2.19. The summed E-state index contributed by atoms with van der Waals surface area (Å²) >= 11 is 0. The summed E-state index contributed by atoms with van der Waals surface area (Å²) in [4.78, 5) is 10.7. The van der Waals surface area contributed by atoms with Gasteiger partial charge in [-0.05, 0) is 26.0 Å². The largest absolute Gasteiger partial charge is 0.409 e. The van der Waals surface area contributed by atoms with E-state index < -0.39 is 0 Å². The third-order valence-corrected chi connectivity index (χ3v) is 2.99. The van der Waals surface area contributed by atoms with Crippen molar-refractivity contribution in [2.24, 2.45) is 10.9 Å². The van der Waals surface area contributed by atoms with Crippen molar-refractivity contribution in [1.29, 1.82) is 0 Å². The minimum atomic E-state index is -0.000694. The minimum absolute atomic E-state index is 0.000694. The zero-order chi connectivity index (χ0) is 13.0. The molecule has 98 valence electrons. The molecule has 2 rings (SSSR count). The lowest BCUT2D eigenvalue weighted by molar-refractivity contribution is 0.318. The fourth-order valence-corrected chi connectivity index (χ4v) is 1.99. The minimum Gasteiger partial charge on any atom is -0.409 e. The van der Waals surface area contributed by atoms with Crippen LogP contribution in [0.3, 0.4) is 0 Å². The molecule has 18 heavy (non-hydrogen) atoms. The SMILES string of the molecule is C[C@H]1CNCCCN1c1nccc(/C(N)=N/O)n1. The Morgan fingerprint density at radius 1 is 1.67 bits per heavy atom. The number of hydrogen-bond donors (Lipinski definition) is 3. The fraction of sp³-hybridized carbons (Fsp3) is 0.545. The van der Waals surface area contributed by atoms with Gasteiger partial charge in [-0.25, -0.2) is 9.97 Å². The molecule has 2 heterocycles. The highest BCUT2D eigenvalue weighted by atomic mass is 16.4. The first-order chi connectivity index (χ1) is 8.72. The molecule has 0 unspecified atom stereocenters. The van der Waals surface area contributed by atoms with Gasteiger partial charge >= 0.3 is 0 Å². The second kappa shape index (κ2) is 5.63. The molecule has 1 aromatic rings. The van der Waals surface area contributed by atoms with Gasteiger partial charge in [0.15, 0.2) is 5.84 Å². The molecule has 1 aromatic heterocycles. The van der Waals surface area contributed by atoms with E-state index in [0.717, 1.165) is 26.1 Å². The lowest BCUT2D eigenvalue weighted by atomic mass is 10.3.